The van der Waals surface area contributed by atoms with E-state index in [1.165, 1.54) is 68.7 Å². The predicted molar refractivity (Wildman–Crippen MR) is 99.5 cm³/mol. The highest BCUT2D eigenvalue weighted by Gasteiger charge is 2.18. The molecule has 0 fully saturated rings. The Morgan fingerprint density at radius 1 is 0.913 bits per heavy atom. The Morgan fingerprint density at radius 3 is 1.43 bits per heavy atom. The highest BCUT2D eigenvalue weighted by Crippen LogP contribution is 2.10. The van der Waals surface area contributed by atoms with Crippen molar-refractivity contribution in [2.75, 3.05) is 32.4 Å². The number of nitrogens with zero attached hydrogens (tertiary/aromatic N) is 1. The third-order valence-corrected chi connectivity index (χ3v) is 4.43. The van der Waals surface area contributed by atoms with E-state index < -0.39 is 15.9 Å². The van der Waals surface area contributed by atoms with Crippen LogP contribution in [0.1, 0.15) is 73.1 Å². The van der Waals surface area contributed by atoms with Gasteiger partial charge in [-0.15, -0.1) is 0 Å². The first kappa shape index (κ1) is 24.9. The molecule has 0 atom stereocenters. The van der Waals surface area contributed by atoms with Crippen molar-refractivity contribution in [3.05, 3.63) is 11.6 Å². The molecule has 4 nitrogen and oxygen atoms in total. The third kappa shape index (κ3) is 19.6. The summed E-state index contributed by atoms with van der Waals surface area (Å²) < 4.78 is 31.1. The van der Waals surface area contributed by atoms with E-state index in [1.54, 1.807) is 13.8 Å². The third-order valence-electron chi connectivity index (χ3n) is 3.85. The molecule has 0 heterocycles. The molecule has 0 radical (unpaired) electrons. The Kier molecular flexibility index (Phi) is 15.1. The summed E-state index contributed by atoms with van der Waals surface area (Å²) in [6.07, 6.45) is 9.59. The van der Waals surface area contributed by atoms with Crippen LogP contribution in [0.25, 0.3) is 0 Å². The van der Waals surface area contributed by atoms with Crippen LogP contribution in [-0.4, -0.2) is 49.9 Å². The SMILES string of the molecule is CC(C)=CCS(=O)(=O)[O-].CCCC[N+](C)(CCCC)CCCC. The lowest BCUT2D eigenvalue weighted by Crippen LogP contribution is -2.46. The second kappa shape index (κ2) is 14.0. The summed E-state index contributed by atoms with van der Waals surface area (Å²) in [4.78, 5) is 0. The van der Waals surface area contributed by atoms with E-state index in [4.69, 9.17) is 0 Å². The van der Waals surface area contributed by atoms with Crippen molar-refractivity contribution in [3.8, 4) is 0 Å². The fraction of sp³-hybridized carbons (Fsp3) is 0.889. The largest absolute Gasteiger partial charge is 0.748 e. The minimum absolute atomic E-state index is 0.394. The maximum absolute atomic E-state index is 9.94. The van der Waals surface area contributed by atoms with Crippen LogP contribution >= 0.6 is 0 Å². The molecule has 0 bridgehead atoms. The first-order valence-electron chi connectivity index (χ1n) is 9.00. The molecule has 0 aliphatic rings. The van der Waals surface area contributed by atoms with Gasteiger partial charge in [-0.3, -0.25) is 0 Å². The van der Waals surface area contributed by atoms with Crippen LogP contribution in [0, 0.1) is 0 Å². The van der Waals surface area contributed by atoms with Crippen molar-refractivity contribution in [1.82, 2.24) is 0 Å². The summed E-state index contributed by atoms with van der Waals surface area (Å²) in [7, 11) is -1.60. The van der Waals surface area contributed by atoms with Gasteiger partial charge in [0.25, 0.3) is 0 Å². The van der Waals surface area contributed by atoms with Crippen molar-refractivity contribution in [1.29, 1.82) is 0 Å². The smallest absolute Gasteiger partial charge is 0.0982 e. The molecule has 23 heavy (non-hydrogen) atoms. The number of unbranched alkanes of at least 4 members (excludes halogenated alkanes) is 3. The Labute approximate surface area is 145 Å². The first-order chi connectivity index (χ1) is 10.6. The standard InChI is InChI=1S/C13H30N.C5H10O3S/c1-5-8-11-14(4,12-9-6-2)13-10-7-3;1-5(2)3-4-9(6,7)8/h5-13H2,1-4H3;3H,4H2,1-2H3,(H,6,7,8)/q+1;/p-1. The van der Waals surface area contributed by atoms with Crippen LogP contribution in [0.4, 0.5) is 0 Å². The van der Waals surface area contributed by atoms with E-state index in [-0.39, 0.29) is 0 Å². The fourth-order valence-electron chi connectivity index (χ4n) is 2.22. The molecule has 0 saturated heterocycles. The highest BCUT2D eigenvalue weighted by atomic mass is 32.2. The maximum Gasteiger partial charge on any atom is 0.0982 e. The van der Waals surface area contributed by atoms with E-state index >= 15 is 0 Å². The number of allylic oxidation sites excluding steroid dienone is 1. The molecule has 0 aliphatic heterocycles. The Bertz CT molecular complexity index is 377. The zero-order valence-electron chi connectivity index (χ0n) is 16.2. The zero-order valence-corrected chi connectivity index (χ0v) is 17.0. The second-order valence-corrected chi connectivity index (χ2v) is 8.31. The quantitative estimate of drug-likeness (QED) is 0.317. The second-order valence-electron chi connectivity index (χ2n) is 6.86. The molecule has 5 heteroatoms. The van der Waals surface area contributed by atoms with E-state index in [0.717, 1.165) is 5.57 Å². The van der Waals surface area contributed by atoms with Gasteiger partial charge in [-0.2, -0.15) is 0 Å². The number of rotatable bonds is 11. The van der Waals surface area contributed by atoms with Crippen LogP contribution < -0.4 is 0 Å². The first-order valence-corrected chi connectivity index (χ1v) is 10.6. The fourth-order valence-corrected chi connectivity index (χ4v) is 2.76. The Balaban J connectivity index is 0. The molecule has 0 N–H and O–H groups in total. The molecule has 0 aromatic rings. The van der Waals surface area contributed by atoms with Gasteiger partial charge in [-0.05, 0) is 33.1 Å². The average Bonchev–Trinajstić information content (AvgIpc) is 2.47. The van der Waals surface area contributed by atoms with Crippen LogP contribution in [0.15, 0.2) is 11.6 Å². The average molecular weight is 350 g/mol. The van der Waals surface area contributed by atoms with Gasteiger partial charge in [0.15, 0.2) is 0 Å². The molecule has 0 rings (SSSR count). The van der Waals surface area contributed by atoms with Gasteiger partial charge < -0.3 is 9.04 Å². The molecule has 0 saturated carbocycles. The van der Waals surface area contributed by atoms with E-state index in [0.29, 0.717) is 0 Å². The van der Waals surface area contributed by atoms with Crippen LogP contribution in [-0.2, 0) is 10.1 Å². The van der Waals surface area contributed by atoms with Gasteiger partial charge >= 0.3 is 0 Å². The molecule has 0 aliphatic carbocycles. The van der Waals surface area contributed by atoms with Crippen molar-refractivity contribution in [3.63, 3.8) is 0 Å². The monoisotopic (exact) mass is 349 g/mol. The molecule has 0 aromatic heterocycles. The lowest BCUT2D eigenvalue weighted by Gasteiger charge is -2.34. The lowest BCUT2D eigenvalue weighted by atomic mass is 10.2. The van der Waals surface area contributed by atoms with Crippen molar-refractivity contribution < 1.29 is 17.5 Å². The summed E-state index contributed by atoms with van der Waals surface area (Å²) >= 11 is 0. The molecular formula is C18H39NO3S. The van der Waals surface area contributed by atoms with Crippen molar-refractivity contribution in [2.45, 2.75) is 73.1 Å². The van der Waals surface area contributed by atoms with Gasteiger partial charge in [-0.1, -0.05) is 51.7 Å². The minimum Gasteiger partial charge on any atom is -0.748 e. The molecule has 0 amide bonds. The van der Waals surface area contributed by atoms with Gasteiger partial charge in [0.05, 0.1) is 42.6 Å². The van der Waals surface area contributed by atoms with Crippen LogP contribution in [0.3, 0.4) is 0 Å². The van der Waals surface area contributed by atoms with Crippen LogP contribution in [0.2, 0.25) is 0 Å². The van der Waals surface area contributed by atoms with Crippen molar-refractivity contribution in [2.24, 2.45) is 0 Å². The predicted octanol–water partition coefficient (Wildman–Crippen LogP) is 4.33. The van der Waals surface area contributed by atoms with Gasteiger partial charge in [0.1, 0.15) is 0 Å². The van der Waals surface area contributed by atoms with Crippen molar-refractivity contribution >= 4 is 10.1 Å². The summed E-state index contributed by atoms with van der Waals surface area (Å²) in [6.45, 7) is 14.5. The summed E-state index contributed by atoms with van der Waals surface area (Å²) in [5.41, 5.74) is 0.842. The summed E-state index contributed by atoms with van der Waals surface area (Å²) in [6, 6.07) is 0. The molecule has 0 spiro atoms. The Morgan fingerprint density at radius 2 is 1.26 bits per heavy atom. The molecular weight excluding hydrogens is 310 g/mol. The zero-order chi connectivity index (χ0) is 18.4. The normalized spacial score (nSPS) is 11.6. The lowest BCUT2D eigenvalue weighted by molar-refractivity contribution is -0.910. The molecule has 0 aromatic carbocycles. The van der Waals surface area contributed by atoms with E-state index in [9.17, 15) is 13.0 Å². The van der Waals surface area contributed by atoms with E-state index in [1.807, 2.05) is 0 Å². The molecule has 140 valence electrons. The topological polar surface area (TPSA) is 57.2 Å². The van der Waals surface area contributed by atoms with Gasteiger partial charge in [0.2, 0.25) is 0 Å². The van der Waals surface area contributed by atoms with Gasteiger partial charge in [-0.25, -0.2) is 8.42 Å². The van der Waals surface area contributed by atoms with E-state index in [2.05, 4.69) is 27.8 Å². The minimum atomic E-state index is -4.05. The summed E-state index contributed by atoms with van der Waals surface area (Å²) in [5.74, 6) is -0.394. The Hall–Kier alpha value is -0.390. The summed E-state index contributed by atoms with van der Waals surface area (Å²) in [5, 5.41) is 0. The highest BCUT2D eigenvalue weighted by molar-refractivity contribution is 7.85. The maximum atomic E-state index is 9.94. The number of hydrogen-bond donors (Lipinski definition) is 0. The number of hydrogen-bond acceptors (Lipinski definition) is 3. The number of quaternary nitrogens is 1. The van der Waals surface area contributed by atoms with Gasteiger partial charge in [0, 0.05) is 0 Å². The molecule has 0 unspecified atom stereocenters. The van der Waals surface area contributed by atoms with Crippen LogP contribution in [0.5, 0.6) is 0 Å².